The number of benzene rings is 1. The van der Waals surface area contributed by atoms with Crippen molar-refractivity contribution in [3.05, 3.63) is 76.4 Å². The van der Waals surface area contributed by atoms with Gasteiger partial charge in [-0.25, -0.2) is 9.37 Å². The first-order valence-electron chi connectivity index (χ1n) is 8.52. The van der Waals surface area contributed by atoms with Gasteiger partial charge in [-0.05, 0) is 42.1 Å². The average molecular weight is 399 g/mol. The highest BCUT2D eigenvalue weighted by molar-refractivity contribution is 7.12. The summed E-state index contributed by atoms with van der Waals surface area (Å²) in [6.45, 7) is 1.83. The van der Waals surface area contributed by atoms with Crippen LogP contribution in [0.4, 0.5) is 4.39 Å². The van der Waals surface area contributed by atoms with Crippen LogP contribution in [0.1, 0.15) is 22.2 Å². The Bertz CT molecular complexity index is 963. The van der Waals surface area contributed by atoms with Gasteiger partial charge >= 0.3 is 0 Å². The molecule has 2 amide bonds. The lowest BCUT2D eigenvalue weighted by Gasteiger charge is -2.14. The second-order valence-corrected chi connectivity index (χ2v) is 6.87. The van der Waals surface area contributed by atoms with E-state index in [1.165, 1.54) is 29.7 Å². The number of carbonyl (C=O) groups is 2. The molecule has 1 unspecified atom stereocenters. The molecule has 6 nitrogen and oxygen atoms in total. The minimum atomic E-state index is -0.689. The van der Waals surface area contributed by atoms with Gasteiger partial charge in [-0.3, -0.25) is 9.59 Å². The molecule has 3 aromatic rings. The fourth-order valence-electron chi connectivity index (χ4n) is 2.34. The third-order valence-corrected chi connectivity index (χ3v) is 4.67. The maximum atomic E-state index is 13.7. The van der Waals surface area contributed by atoms with Crippen molar-refractivity contribution in [2.24, 2.45) is 0 Å². The normalized spacial score (nSPS) is 11.5. The number of ether oxygens (including phenoxy) is 1. The van der Waals surface area contributed by atoms with E-state index >= 15 is 0 Å². The van der Waals surface area contributed by atoms with Crippen LogP contribution in [0.2, 0.25) is 0 Å². The molecular weight excluding hydrogens is 381 g/mol. The molecule has 144 valence electrons. The van der Waals surface area contributed by atoms with Crippen molar-refractivity contribution in [3.63, 3.8) is 0 Å². The van der Waals surface area contributed by atoms with Gasteiger partial charge in [0.2, 0.25) is 11.8 Å². The van der Waals surface area contributed by atoms with Crippen molar-refractivity contribution in [2.75, 3.05) is 0 Å². The predicted molar refractivity (Wildman–Crippen MR) is 104 cm³/mol. The zero-order chi connectivity index (χ0) is 19.9. The first kappa shape index (κ1) is 19.5. The molecule has 0 aliphatic carbocycles. The Morgan fingerprint density at radius 2 is 2.04 bits per heavy atom. The first-order chi connectivity index (χ1) is 13.5. The van der Waals surface area contributed by atoms with E-state index in [4.69, 9.17) is 4.74 Å². The summed E-state index contributed by atoms with van der Waals surface area (Å²) < 4.78 is 19.1. The smallest absolute Gasteiger partial charge is 0.261 e. The van der Waals surface area contributed by atoms with Crippen LogP contribution in [0.25, 0.3) is 0 Å². The van der Waals surface area contributed by atoms with Crippen molar-refractivity contribution in [1.29, 1.82) is 0 Å². The van der Waals surface area contributed by atoms with Crippen LogP contribution in [0.3, 0.4) is 0 Å². The number of nitrogens with one attached hydrogen (secondary N) is 2. The molecule has 0 saturated carbocycles. The van der Waals surface area contributed by atoms with Gasteiger partial charge in [-0.2, -0.15) is 0 Å². The molecule has 8 heteroatoms. The molecule has 0 saturated heterocycles. The fraction of sp³-hybridized carbons (Fsp3) is 0.150. The largest absolute Gasteiger partial charge is 0.436 e. The van der Waals surface area contributed by atoms with E-state index < -0.39 is 11.9 Å². The summed E-state index contributed by atoms with van der Waals surface area (Å²) in [5, 5.41) is 7.19. The molecule has 2 N–H and O–H groups in total. The molecule has 1 atom stereocenters. The minimum absolute atomic E-state index is 0.0705. The Hall–Kier alpha value is -3.26. The monoisotopic (exact) mass is 399 g/mol. The standard InChI is InChI=1S/C20H18FN3O3S/c1-13(24-20(26)17-7-4-10-28-17)19(25)23-12-14-8-9-22-18(11-14)27-16-6-3-2-5-15(16)21/h2-11,13H,12H2,1H3,(H,23,25)(H,24,26). The number of carbonyl (C=O) groups excluding carboxylic acids is 2. The topological polar surface area (TPSA) is 80.3 Å². The number of nitrogens with zero attached hydrogens (tertiary/aromatic N) is 1. The van der Waals surface area contributed by atoms with Crippen LogP contribution in [-0.2, 0) is 11.3 Å². The quantitative estimate of drug-likeness (QED) is 0.637. The minimum Gasteiger partial charge on any atom is -0.436 e. The Kier molecular flexibility index (Phi) is 6.33. The van der Waals surface area contributed by atoms with Gasteiger partial charge in [0.25, 0.3) is 5.91 Å². The summed E-state index contributed by atoms with van der Waals surface area (Å²) in [5.74, 6) is -0.810. The molecule has 28 heavy (non-hydrogen) atoms. The highest BCUT2D eigenvalue weighted by Crippen LogP contribution is 2.22. The van der Waals surface area contributed by atoms with Gasteiger partial charge < -0.3 is 15.4 Å². The van der Waals surface area contributed by atoms with Gasteiger partial charge in [0.1, 0.15) is 6.04 Å². The summed E-state index contributed by atoms with van der Waals surface area (Å²) >= 11 is 1.31. The van der Waals surface area contributed by atoms with E-state index in [0.717, 1.165) is 5.56 Å². The summed E-state index contributed by atoms with van der Waals surface area (Å²) in [6, 6.07) is 12.1. The van der Waals surface area contributed by atoms with Gasteiger partial charge in [0.15, 0.2) is 11.6 Å². The van der Waals surface area contributed by atoms with E-state index in [-0.39, 0.29) is 30.0 Å². The molecule has 0 bridgehead atoms. The van der Waals surface area contributed by atoms with Crippen molar-refractivity contribution in [2.45, 2.75) is 19.5 Å². The van der Waals surface area contributed by atoms with Crippen LogP contribution >= 0.6 is 11.3 Å². The van der Waals surface area contributed by atoms with E-state index in [1.54, 1.807) is 48.7 Å². The Morgan fingerprint density at radius 1 is 1.21 bits per heavy atom. The maximum Gasteiger partial charge on any atom is 0.261 e. The van der Waals surface area contributed by atoms with Crippen molar-refractivity contribution in [1.82, 2.24) is 15.6 Å². The van der Waals surface area contributed by atoms with Crippen molar-refractivity contribution in [3.8, 4) is 11.6 Å². The van der Waals surface area contributed by atoms with Gasteiger partial charge in [-0.15, -0.1) is 11.3 Å². The number of amides is 2. The summed E-state index contributed by atoms with van der Waals surface area (Å²) in [7, 11) is 0. The van der Waals surface area contributed by atoms with Gasteiger partial charge in [-0.1, -0.05) is 18.2 Å². The third kappa shape index (κ3) is 5.14. The number of hydrogen-bond acceptors (Lipinski definition) is 5. The molecule has 2 aromatic heterocycles. The van der Waals surface area contributed by atoms with Crippen LogP contribution in [0.15, 0.2) is 60.1 Å². The number of pyridine rings is 1. The number of thiophene rings is 1. The molecular formula is C20H18FN3O3S. The Balaban J connectivity index is 1.54. The third-order valence-electron chi connectivity index (χ3n) is 3.80. The molecule has 0 aliphatic rings. The molecule has 0 aliphatic heterocycles. The zero-order valence-electron chi connectivity index (χ0n) is 15.0. The van der Waals surface area contributed by atoms with Gasteiger partial charge in [0, 0.05) is 18.8 Å². The highest BCUT2D eigenvalue weighted by Gasteiger charge is 2.17. The zero-order valence-corrected chi connectivity index (χ0v) is 15.8. The first-order valence-corrected chi connectivity index (χ1v) is 9.40. The van der Waals surface area contributed by atoms with Crippen molar-refractivity contribution < 1.29 is 18.7 Å². The van der Waals surface area contributed by atoms with E-state index in [9.17, 15) is 14.0 Å². The number of rotatable bonds is 7. The molecule has 3 rings (SSSR count). The second kappa shape index (κ2) is 9.09. The lowest BCUT2D eigenvalue weighted by atomic mass is 10.2. The number of aromatic nitrogens is 1. The Labute approximate surface area is 165 Å². The predicted octanol–water partition coefficient (Wildman–Crippen LogP) is 3.51. The SMILES string of the molecule is CC(NC(=O)c1cccs1)C(=O)NCc1ccnc(Oc2ccccc2F)c1. The van der Waals surface area contributed by atoms with Crippen LogP contribution in [0.5, 0.6) is 11.6 Å². The number of halogens is 1. The average Bonchev–Trinajstić information content (AvgIpc) is 3.23. The molecule has 2 heterocycles. The van der Waals surface area contributed by atoms with E-state index in [2.05, 4.69) is 15.6 Å². The maximum absolute atomic E-state index is 13.7. The van der Waals surface area contributed by atoms with Gasteiger partial charge in [0.05, 0.1) is 4.88 Å². The highest BCUT2D eigenvalue weighted by atomic mass is 32.1. The van der Waals surface area contributed by atoms with E-state index in [0.29, 0.717) is 4.88 Å². The molecule has 0 radical (unpaired) electrons. The van der Waals surface area contributed by atoms with Crippen LogP contribution in [-0.4, -0.2) is 22.8 Å². The van der Waals surface area contributed by atoms with Crippen LogP contribution < -0.4 is 15.4 Å². The summed E-state index contributed by atoms with van der Waals surface area (Å²) in [4.78, 5) is 28.8. The van der Waals surface area contributed by atoms with E-state index in [1.807, 2.05) is 0 Å². The molecule has 0 fully saturated rings. The molecule has 0 spiro atoms. The summed E-state index contributed by atoms with van der Waals surface area (Å²) in [5.41, 5.74) is 0.728. The summed E-state index contributed by atoms with van der Waals surface area (Å²) in [6.07, 6.45) is 1.51. The Morgan fingerprint density at radius 3 is 2.79 bits per heavy atom. The number of para-hydroxylation sites is 1. The lowest BCUT2D eigenvalue weighted by molar-refractivity contribution is -0.122. The fourth-order valence-corrected chi connectivity index (χ4v) is 2.97. The lowest BCUT2D eigenvalue weighted by Crippen LogP contribution is -2.44. The number of hydrogen-bond donors (Lipinski definition) is 2. The second-order valence-electron chi connectivity index (χ2n) is 5.93. The van der Waals surface area contributed by atoms with Crippen LogP contribution in [0, 0.1) is 5.82 Å². The molecule has 1 aromatic carbocycles. The van der Waals surface area contributed by atoms with Crippen molar-refractivity contribution >= 4 is 23.2 Å².